The van der Waals surface area contributed by atoms with E-state index in [-0.39, 0.29) is 41.0 Å². The molecule has 2 aliphatic heterocycles. The molecule has 140 valence electrons. The monoisotopic (exact) mass is 356 g/mol. The first-order valence-electron chi connectivity index (χ1n) is 10.0. The molecule has 0 radical (unpaired) electrons. The summed E-state index contributed by atoms with van der Waals surface area (Å²) in [6.45, 7) is 6.07. The van der Waals surface area contributed by atoms with Gasteiger partial charge in [-0.15, -0.1) is 0 Å². The van der Waals surface area contributed by atoms with Crippen molar-refractivity contribution in [3.8, 4) is 0 Å². The summed E-state index contributed by atoms with van der Waals surface area (Å²) in [6.07, 6.45) is 8.51. The third kappa shape index (κ3) is 2.23. The van der Waals surface area contributed by atoms with Gasteiger partial charge in [0.2, 0.25) is 0 Å². The second kappa shape index (κ2) is 5.77. The van der Waals surface area contributed by atoms with Gasteiger partial charge in [0.05, 0.1) is 12.0 Å². The van der Waals surface area contributed by atoms with Crippen molar-refractivity contribution < 1.29 is 14.3 Å². The number of epoxide rings is 1. The smallest absolute Gasteiger partial charge is 0.311 e. The summed E-state index contributed by atoms with van der Waals surface area (Å²) in [4.78, 5) is 16.7. The maximum absolute atomic E-state index is 12.6. The first-order valence-corrected chi connectivity index (χ1v) is 10.0. The van der Waals surface area contributed by atoms with Crippen molar-refractivity contribution in [3.05, 3.63) is 30.1 Å². The number of pyridine rings is 1. The Balaban J connectivity index is 1.32. The van der Waals surface area contributed by atoms with Crippen molar-refractivity contribution in [2.24, 2.45) is 23.2 Å². The molecule has 2 saturated carbocycles. The van der Waals surface area contributed by atoms with Gasteiger partial charge < -0.3 is 14.8 Å². The summed E-state index contributed by atoms with van der Waals surface area (Å²) in [5, 5.41) is 3.44. The third-order valence-corrected chi connectivity index (χ3v) is 7.61. The summed E-state index contributed by atoms with van der Waals surface area (Å²) in [5.74, 6) is 0.642. The van der Waals surface area contributed by atoms with Crippen LogP contribution in [0, 0.1) is 23.2 Å². The molecule has 3 heterocycles. The second-order valence-electron chi connectivity index (χ2n) is 9.04. The molecule has 5 heteroatoms. The molecule has 1 aromatic heterocycles. The summed E-state index contributed by atoms with van der Waals surface area (Å²) >= 11 is 0. The van der Waals surface area contributed by atoms with Crippen LogP contribution < -0.4 is 5.32 Å². The van der Waals surface area contributed by atoms with E-state index in [9.17, 15) is 4.79 Å². The number of nitrogens with one attached hydrogen (secondary N) is 1. The highest BCUT2D eigenvalue weighted by Gasteiger charge is 2.78. The molecule has 4 aliphatic rings. The van der Waals surface area contributed by atoms with E-state index in [0.717, 1.165) is 18.5 Å². The molecule has 0 aromatic carbocycles. The largest absolute Gasteiger partial charge is 0.462 e. The zero-order valence-corrected chi connectivity index (χ0v) is 15.6. The van der Waals surface area contributed by atoms with Gasteiger partial charge in [-0.2, -0.15) is 0 Å². The van der Waals surface area contributed by atoms with Gasteiger partial charge in [-0.05, 0) is 36.8 Å². The van der Waals surface area contributed by atoms with Gasteiger partial charge in [0.25, 0.3) is 0 Å². The van der Waals surface area contributed by atoms with Crippen molar-refractivity contribution >= 4 is 5.97 Å². The van der Waals surface area contributed by atoms with E-state index in [4.69, 9.17) is 9.47 Å². The molecule has 5 nitrogen and oxygen atoms in total. The highest BCUT2D eigenvalue weighted by molar-refractivity contribution is 5.76. The van der Waals surface area contributed by atoms with Crippen molar-refractivity contribution in [1.29, 1.82) is 0 Å². The molecule has 1 N–H and O–H groups in total. The van der Waals surface area contributed by atoms with Crippen LogP contribution in [0.25, 0.3) is 0 Å². The normalized spacial score (nSPS) is 46.1. The molecule has 0 bridgehead atoms. The highest BCUT2D eigenvalue weighted by Crippen LogP contribution is 2.70. The number of aromatic nitrogens is 1. The van der Waals surface area contributed by atoms with Gasteiger partial charge in [-0.1, -0.05) is 26.3 Å². The summed E-state index contributed by atoms with van der Waals surface area (Å²) in [6, 6.07) is 3.98. The first kappa shape index (κ1) is 16.7. The quantitative estimate of drug-likeness (QED) is 0.664. The number of carbonyl (C=O) groups excluding carboxylic acids is 1. The molecule has 7 atom stereocenters. The van der Waals surface area contributed by atoms with Crippen molar-refractivity contribution in [3.63, 3.8) is 0 Å². The summed E-state index contributed by atoms with van der Waals surface area (Å²) < 4.78 is 12.3. The number of hydrogen-bond donors (Lipinski definition) is 1. The lowest BCUT2D eigenvalue weighted by atomic mass is 9.53. The molecule has 0 amide bonds. The second-order valence-corrected chi connectivity index (χ2v) is 9.04. The van der Waals surface area contributed by atoms with Crippen LogP contribution in [0.4, 0.5) is 0 Å². The molecular weight excluding hydrogens is 328 g/mol. The SMILES string of the molecule is C[C@@H]1CCC[C@@]2(C)C[C@H]3OC(=O)[C@@H](CNCc4cccnc4)[C@@H]3[C@@H]3O[C@]132. The Kier molecular flexibility index (Phi) is 3.70. The lowest BCUT2D eigenvalue weighted by Gasteiger charge is -2.48. The number of hydrogen-bond acceptors (Lipinski definition) is 5. The number of esters is 1. The Bertz CT molecular complexity index is 710. The van der Waals surface area contributed by atoms with Crippen LogP contribution in [0.3, 0.4) is 0 Å². The van der Waals surface area contributed by atoms with Gasteiger partial charge >= 0.3 is 5.97 Å². The Labute approximate surface area is 154 Å². The van der Waals surface area contributed by atoms with Gasteiger partial charge in [0, 0.05) is 36.8 Å². The van der Waals surface area contributed by atoms with E-state index in [0.29, 0.717) is 12.5 Å². The zero-order valence-electron chi connectivity index (χ0n) is 15.6. The minimum atomic E-state index is -0.0975. The van der Waals surface area contributed by atoms with Gasteiger partial charge in [0.15, 0.2) is 0 Å². The van der Waals surface area contributed by atoms with E-state index in [1.807, 2.05) is 18.3 Å². The minimum absolute atomic E-state index is 0.0119. The molecule has 26 heavy (non-hydrogen) atoms. The number of nitrogens with zero attached hydrogens (tertiary/aromatic N) is 1. The minimum Gasteiger partial charge on any atom is -0.462 e. The maximum Gasteiger partial charge on any atom is 0.311 e. The average Bonchev–Trinajstić information content (AvgIpc) is 3.30. The Morgan fingerprint density at radius 2 is 2.31 bits per heavy atom. The van der Waals surface area contributed by atoms with Gasteiger partial charge in [-0.25, -0.2) is 0 Å². The molecule has 1 spiro atoms. The number of rotatable bonds is 4. The first-order chi connectivity index (χ1) is 12.6. The van der Waals surface area contributed by atoms with E-state index in [1.165, 1.54) is 19.3 Å². The maximum atomic E-state index is 12.6. The number of ether oxygens (including phenoxy) is 2. The standard InChI is InChI=1S/C21H28N2O3/c1-13-5-3-7-20(2)9-16-17(18-21(13,20)26-18)15(19(24)25-16)12-23-11-14-6-4-8-22-10-14/h4,6,8,10,13,15-18,23H,3,5,7,9,11-12H2,1-2H3/t13-,15+,16-,17+,18+,20+,21-/m1/s1. The average molecular weight is 356 g/mol. The number of carbonyl (C=O) groups is 1. The molecule has 1 aromatic rings. The van der Waals surface area contributed by atoms with Crippen molar-refractivity contribution in [2.75, 3.05) is 6.54 Å². The lowest BCUT2D eigenvalue weighted by molar-refractivity contribution is -0.146. The van der Waals surface area contributed by atoms with Gasteiger partial charge in [-0.3, -0.25) is 9.78 Å². The van der Waals surface area contributed by atoms with E-state index in [1.54, 1.807) is 6.20 Å². The highest BCUT2D eigenvalue weighted by atomic mass is 16.6. The Morgan fingerprint density at radius 3 is 3.12 bits per heavy atom. The molecule has 2 aliphatic carbocycles. The van der Waals surface area contributed by atoms with Crippen LogP contribution in [-0.4, -0.2) is 35.3 Å². The Hall–Kier alpha value is -1.46. The zero-order chi connectivity index (χ0) is 17.9. The fourth-order valence-corrected chi connectivity index (χ4v) is 6.34. The van der Waals surface area contributed by atoms with Crippen molar-refractivity contribution in [2.45, 2.75) is 63.9 Å². The van der Waals surface area contributed by atoms with E-state index >= 15 is 0 Å². The fourth-order valence-electron chi connectivity index (χ4n) is 6.34. The molecule has 2 saturated heterocycles. The van der Waals surface area contributed by atoms with Crippen LogP contribution in [0.2, 0.25) is 0 Å². The van der Waals surface area contributed by atoms with E-state index in [2.05, 4.69) is 24.1 Å². The molecule has 5 rings (SSSR count). The Morgan fingerprint density at radius 1 is 1.42 bits per heavy atom. The van der Waals surface area contributed by atoms with Crippen LogP contribution in [0.15, 0.2) is 24.5 Å². The molecule has 0 unspecified atom stereocenters. The summed E-state index contributed by atoms with van der Waals surface area (Å²) in [7, 11) is 0. The van der Waals surface area contributed by atoms with E-state index < -0.39 is 0 Å². The molecular formula is C21H28N2O3. The lowest BCUT2D eigenvalue weighted by Crippen LogP contribution is -2.54. The predicted octanol–water partition coefficient (Wildman–Crippen LogP) is 2.70. The van der Waals surface area contributed by atoms with Crippen molar-refractivity contribution in [1.82, 2.24) is 10.3 Å². The van der Waals surface area contributed by atoms with Crippen LogP contribution in [0.5, 0.6) is 0 Å². The van der Waals surface area contributed by atoms with Crippen LogP contribution in [-0.2, 0) is 20.8 Å². The topological polar surface area (TPSA) is 63.8 Å². The van der Waals surface area contributed by atoms with Crippen LogP contribution in [0.1, 0.15) is 45.1 Å². The number of fused-ring (bicyclic) bond motifs is 2. The predicted molar refractivity (Wildman–Crippen MR) is 96.1 cm³/mol. The fraction of sp³-hybridized carbons (Fsp3) is 0.714. The third-order valence-electron chi connectivity index (χ3n) is 7.61. The van der Waals surface area contributed by atoms with Gasteiger partial charge in [0.1, 0.15) is 11.7 Å². The van der Waals surface area contributed by atoms with Crippen LogP contribution >= 0.6 is 0 Å². The molecule has 4 fully saturated rings. The summed E-state index contributed by atoms with van der Waals surface area (Å²) in [5.41, 5.74) is 1.28.